The van der Waals surface area contributed by atoms with E-state index in [1.54, 1.807) is 42.4 Å². The molecule has 0 aliphatic carbocycles. The van der Waals surface area contributed by atoms with Crippen molar-refractivity contribution < 1.29 is 13.2 Å². The zero-order chi connectivity index (χ0) is 19.3. The number of rotatable bonds is 7. The highest BCUT2D eigenvalue weighted by molar-refractivity contribution is 7.91. The summed E-state index contributed by atoms with van der Waals surface area (Å²) in [4.78, 5) is 18.6. The molecule has 1 aromatic carbocycles. The minimum absolute atomic E-state index is 0.0295. The second-order valence-electron chi connectivity index (χ2n) is 6.76. The Morgan fingerprint density at radius 2 is 1.77 bits per heavy atom. The highest BCUT2D eigenvalue weighted by atomic mass is 32.2. The molecule has 0 aliphatic heterocycles. The van der Waals surface area contributed by atoms with Gasteiger partial charge < -0.3 is 4.90 Å². The average molecular weight is 375 g/mol. The van der Waals surface area contributed by atoms with Crippen LogP contribution in [0, 0.1) is 13.8 Å². The molecule has 0 N–H and O–H groups in total. The smallest absolute Gasteiger partial charge is 0.223 e. The maximum Gasteiger partial charge on any atom is 0.223 e. The van der Waals surface area contributed by atoms with E-state index in [1.807, 2.05) is 32.9 Å². The molecule has 0 saturated carbocycles. The van der Waals surface area contributed by atoms with Gasteiger partial charge in [-0.2, -0.15) is 0 Å². The third-order valence-electron chi connectivity index (χ3n) is 4.50. The van der Waals surface area contributed by atoms with Crippen LogP contribution in [0.25, 0.3) is 0 Å². The first-order valence-electron chi connectivity index (χ1n) is 8.65. The van der Waals surface area contributed by atoms with E-state index in [2.05, 4.69) is 4.98 Å². The van der Waals surface area contributed by atoms with E-state index in [0.717, 1.165) is 16.8 Å². The van der Waals surface area contributed by atoms with Crippen LogP contribution in [-0.2, 0) is 21.1 Å². The normalized spacial score (nSPS) is 12.6. The van der Waals surface area contributed by atoms with Crippen molar-refractivity contribution in [1.29, 1.82) is 0 Å². The fourth-order valence-corrected chi connectivity index (χ4v) is 3.89. The molecule has 0 fully saturated rings. The van der Waals surface area contributed by atoms with Crippen LogP contribution in [0.4, 0.5) is 0 Å². The first kappa shape index (κ1) is 20.1. The molecule has 0 saturated heterocycles. The Bertz CT molecular complexity index is 861. The lowest BCUT2D eigenvalue weighted by molar-refractivity contribution is -0.131. The number of hydrogen-bond donors (Lipinski definition) is 0. The molecular weight excluding hydrogens is 348 g/mol. The number of hydrogen-bond acceptors (Lipinski definition) is 4. The Kier molecular flexibility index (Phi) is 6.53. The molecule has 1 aromatic heterocycles. The molecule has 140 valence electrons. The summed E-state index contributed by atoms with van der Waals surface area (Å²) in [6, 6.07) is 10.6. The third-order valence-corrected chi connectivity index (χ3v) is 6.23. The lowest BCUT2D eigenvalue weighted by Crippen LogP contribution is -2.37. The van der Waals surface area contributed by atoms with Gasteiger partial charge in [0.2, 0.25) is 5.91 Å². The Morgan fingerprint density at radius 1 is 1.12 bits per heavy atom. The van der Waals surface area contributed by atoms with E-state index in [4.69, 9.17) is 0 Å². The molecule has 6 heteroatoms. The molecule has 1 atom stereocenters. The summed E-state index contributed by atoms with van der Waals surface area (Å²) >= 11 is 0. The van der Waals surface area contributed by atoms with Crippen LogP contribution in [-0.4, -0.2) is 43.1 Å². The molecule has 1 amide bonds. The van der Waals surface area contributed by atoms with Crippen molar-refractivity contribution in [3.8, 4) is 0 Å². The van der Waals surface area contributed by atoms with Crippen LogP contribution in [0.2, 0.25) is 0 Å². The summed E-state index contributed by atoms with van der Waals surface area (Å²) in [5.41, 5.74) is 3.04. The maximum absolute atomic E-state index is 12.4. The van der Waals surface area contributed by atoms with Crippen molar-refractivity contribution >= 4 is 15.7 Å². The van der Waals surface area contributed by atoms with E-state index < -0.39 is 9.84 Å². The molecule has 0 spiro atoms. The largest absolute Gasteiger partial charge is 0.343 e. The monoisotopic (exact) mass is 374 g/mol. The zero-order valence-electron chi connectivity index (χ0n) is 15.8. The molecule has 5 nitrogen and oxygen atoms in total. The maximum atomic E-state index is 12.4. The lowest BCUT2D eigenvalue weighted by atomic mass is 10.1. The predicted molar refractivity (Wildman–Crippen MR) is 103 cm³/mol. The molecule has 0 unspecified atom stereocenters. The van der Waals surface area contributed by atoms with Crippen LogP contribution in [0.3, 0.4) is 0 Å². The van der Waals surface area contributed by atoms with Gasteiger partial charge in [0.15, 0.2) is 9.84 Å². The zero-order valence-corrected chi connectivity index (χ0v) is 16.6. The summed E-state index contributed by atoms with van der Waals surface area (Å²) in [6.45, 7) is 5.84. The second-order valence-corrected chi connectivity index (χ2v) is 8.87. The van der Waals surface area contributed by atoms with Gasteiger partial charge in [0, 0.05) is 37.8 Å². The van der Waals surface area contributed by atoms with Crippen molar-refractivity contribution in [3.05, 3.63) is 59.4 Å². The Hall–Kier alpha value is -2.21. The van der Waals surface area contributed by atoms with Crippen molar-refractivity contribution in [1.82, 2.24) is 9.88 Å². The van der Waals surface area contributed by atoms with E-state index in [9.17, 15) is 13.2 Å². The third kappa shape index (κ3) is 5.39. The Balaban J connectivity index is 1.94. The number of pyridine rings is 1. The van der Waals surface area contributed by atoms with Gasteiger partial charge in [-0.1, -0.05) is 17.7 Å². The Morgan fingerprint density at radius 3 is 2.38 bits per heavy atom. The van der Waals surface area contributed by atoms with Gasteiger partial charge >= 0.3 is 0 Å². The number of aryl methyl sites for hydroxylation is 2. The van der Waals surface area contributed by atoms with E-state index >= 15 is 0 Å². The number of carbonyl (C=O) groups excluding carboxylic acids is 1. The lowest BCUT2D eigenvalue weighted by Gasteiger charge is -2.25. The quantitative estimate of drug-likeness (QED) is 0.747. The van der Waals surface area contributed by atoms with Crippen LogP contribution < -0.4 is 0 Å². The average Bonchev–Trinajstić information content (AvgIpc) is 2.59. The molecule has 0 aliphatic rings. The fraction of sp³-hybridized carbons (Fsp3) is 0.400. The van der Waals surface area contributed by atoms with Gasteiger partial charge in [-0.05, 0) is 50.6 Å². The molecule has 0 radical (unpaired) electrons. The topological polar surface area (TPSA) is 67.3 Å². The molecule has 2 aromatic rings. The molecular formula is C20H26N2O3S. The highest BCUT2D eigenvalue weighted by Gasteiger charge is 2.21. The number of likely N-dealkylation sites (N-methyl/N-ethyl adjacent to an activating group) is 1. The summed E-state index contributed by atoms with van der Waals surface area (Å²) < 4.78 is 24.8. The number of carbonyl (C=O) groups is 1. The molecule has 26 heavy (non-hydrogen) atoms. The number of benzene rings is 1. The van der Waals surface area contributed by atoms with Crippen molar-refractivity contribution in [2.45, 2.75) is 44.6 Å². The minimum atomic E-state index is -3.46. The van der Waals surface area contributed by atoms with Crippen molar-refractivity contribution in [2.75, 3.05) is 12.8 Å². The molecule has 1 heterocycles. The van der Waals surface area contributed by atoms with E-state index in [-0.39, 0.29) is 29.0 Å². The first-order chi connectivity index (χ1) is 12.2. The van der Waals surface area contributed by atoms with Crippen LogP contribution >= 0.6 is 0 Å². The summed E-state index contributed by atoms with van der Waals surface area (Å²) in [5, 5.41) is 0. The molecule has 2 rings (SSSR count). The molecule has 0 bridgehead atoms. The van der Waals surface area contributed by atoms with Crippen molar-refractivity contribution in [2.24, 2.45) is 0 Å². The fourth-order valence-electron chi connectivity index (χ4n) is 2.66. The summed E-state index contributed by atoms with van der Waals surface area (Å²) in [5.74, 6) is -0.366. The first-order valence-corrected chi connectivity index (χ1v) is 10.3. The minimum Gasteiger partial charge on any atom is -0.343 e. The van der Waals surface area contributed by atoms with Gasteiger partial charge in [0.25, 0.3) is 0 Å². The van der Waals surface area contributed by atoms with Gasteiger partial charge in [-0.15, -0.1) is 0 Å². The van der Waals surface area contributed by atoms with E-state index in [0.29, 0.717) is 6.42 Å². The summed E-state index contributed by atoms with van der Waals surface area (Å²) in [7, 11) is -1.75. The highest BCUT2D eigenvalue weighted by Crippen LogP contribution is 2.14. The van der Waals surface area contributed by atoms with Gasteiger partial charge in [-0.3, -0.25) is 9.78 Å². The summed E-state index contributed by atoms with van der Waals surface area (Å²) in [6.07, 6.45) is 2.36. The van der Waals surface area contributed by atoms with Crippen LogP contribution in [0.1, 0.15) is 30.2 Å². The van der Waals surface area contributed by atoms with Gasteiger partial charge in [0.1, 0.15) is 0 Å². The predicted octanol–water partition coefficient (Wildman–Crippen LogP) is 2.95. The number of aromatic nitrogens is 1. The van der Waals surface area contributed by atoms with E-state index in [1.165, 1.54) is 0 Å². The van der Waals surface area contributed by atoms with Crippen LogP contribution in [0.5, 0.6) is 0 Å². The van der Waals surface area contributed by atoms with Crippen LogP contribution in [0.15, 0.2) is 47.5 Å². The van der Waals surface area contributed by atoms with Gasteiger partial charge in [0.05, 0.1) is 10.6 Å². The standard InChI is InChI=1S/C20H26N2O3S/c1-15-5-7-19(8-6-15)26(24,25)12-10-20(23)22(4)17(3)14-18-13-16(2)9-11-21-18/h5-9,11,13,17H,10,12,14H2,1-4H3/t17-/m1/s1. The second kappa shape index (κ2) is 8.45. The number of nitrogens with zero attached hydrogens (tertiary/aromatic N) is 2. The number of amides is 1. The van der Waals surface area contributed by atoms with Crippen molar-refractivity contribution in [3.63, 3.8) is 0 Å². The number of sulfone groups is 1. The van der Waals surface area contributed by atoms with Gasteiger partial charge in [-0.25, -0.2) is 8.42 Å². The Labute approximate surface area is 156 Å². The SMILES string of the molecule is Cc1ccc(S(=O)(=O)CCC(=O)N(C)[C@H](C)Cc2cc(C)ccn2)cc1.